The lowest BCUT2D eigenvalue weighted by molar-refractivity contribution is 0.246. The average Bonchev–Trinajstić information content (AvgIpc) is 2.27. The van der Waals surface area contributed by atoms with E-state index < -0.39 is 0 Å². The lowest BCUT2D eigenvalue weighted by Crippen LogP contribution is -2.44. The first-order chi connectivity index (χ1) is 7.61. The van der Waals surface area contributed by atoms with Gasteiger partial charge in [-0.1, -0.05) is 20.8 Å². The molecule has 0 radical (unpaired) electrons. The summed E-state index contributed by atoms with van der Waals surface area (Å²) in [6.07, 6.45) is 3.27. The monoisotopic (exact) mass is 225 g/mol. The minimum absolute atomic E-state index is 0.367. The zero-order valence-electron chi connectivity index (χ0n) is 11.3. The van der Waals surface area contributed by atoms with E-state index in [1.807, 2.05) is 13.8 Å². The molecule has 16 heavy (non-hydrogen) atoms. The van der Waals surface area contributed by atoms with E-state index in [1.54, 1.807) is 0 Å². The van der Waals surface area contributed by atoms with E-state index >= 15 is 0 Å². The minimum Gasteiger partial charge on any atom is -0.303 e. The molecule has 94 valence electrons. The Kier molecular flexibility index (Phi) is 8.23. The highest BCUT2D eigenvalue weighted by atomic mass is 15.1. The lowest BCUT2D eigenvalue weighted by atomic mass is 9.99. The number of nitrogens with one attached hydrogen (secondary N) is 1. The fourth-order valence-corrected chi connectivity index (χ4v) is 1.92. The van der Waals surface area contributed by atoms with Gasteiger partial charge >= 0.3 is 0 Å². The maximum absolute atomic E-state index is 9.16. The number of hydrogen-bond acceptors (Lipinski definition) is 3. The molecule has 0 aliphatic carbocycles. The van der Waals surface area contributed by atoms with E-state index in [0.717, 1.165) is 32.6 Å². The van der Waals surface area contributed by atoms with Crippen molar-refractivity contribution < 1.29 is 0 Å². The van der Waals surface area contributed by atoms with Crippen molar-refractivity contribution in [3.8, 4) is 6.07 Å². The molecule has 0 aliphatic heterocycles. The summed E-state index contributed by atoms with van der Waals surface area (Å²) in [7, 11) is 0. The van der Waals surface area contributed by atoms with E-state index in [2.05, 4.69) is 30.1 Å². The first-order valence-corrected chi connectivity index (χ1v) is 6.50. The van der Waals surface area contributed by atoms with Crippen molar-refractivity contribution in [3.63, 3.8) is 0 Å². The molecular formula is C13H27N3. The molecule has 0 spiro atoms. The molecule has 3 nitrogen and oxygen atoms in total. The Labute approximate surface area is 101 Å². The third-order valence-corrected chi connectivity index (χ3v) is 2.82. The Bertz CT molecular complexity index is 204. The number of rotatable bonds is 9. The van der Waals surface area contributed by atoms with Crippen LogP contribution < -0.4 is 5.32 Å². The van der Waals surface area contributed by atoms with Crippen LogP contribution in [0.25, 0.3) is 0 Å². The molecule has 0 aromatic carbocycles. The Hall–Kier alpha value is -0.590. The van der Waals surface area contributed by atoms with Crippen LogP contribution in [0.5, 0.6) is 0 Å². The van der Waals surface area contributed by atoms with Crippen LogP contribution in [0.1, 0.15) is 47.0 Å². The van der Waals surface area contributed by atoms with Crippen molar-refractivity contribution in [3.05, 3.63) is 0 Å². The molecule has 1 atom stereocenters. The first kappa shape index (κ1) is 15.4. The molecule has 0 heterocycles. The van der Waals surface area contributed by atoms with Crippen molar-refractivity contribution in [2.24, 2.45) is 0 Å². The van der Waals surface area contributed by atoms with E-state index in [0.29, 0.717) is 0 Å². The zero-order chi connectivity index (χ0) is 12.4. The fraction of sp³-hybridized carbons (Fsp3) is 0.923. The van der Waals surface area contributed by atoms with Crippen LogP contribution in [-0.2, 0) is 0 Å². The predicted octanol–water partition coefficient (Wildman–Crippen LogP) is 2.39. The van der Waals surface area contributed by atoms with E-state index in [4.69, 9.17) is 5.26 Å². The Balaban J connectivity index is 4.10. The van der Waals surface area contributed by atoms with E-state index in [9.17, 15) is 0 Å². The molecule has 3 heteroatoms. The van der Waals surface area contributed by atoms with Gasteiger partial charge in [0.05, 0.1) is 6.07 Å². The van der Waals surface area contributed by atoms with Crippen molar-refractivity contribution >= 4 is 0 Å². The van der Waals surface area contributed by atoms with Crippen LogP contribution in [0.4, 0.5) is 0 Å². The second-order valence-corrected chi connectivity index (χ2v) is 4.57. The Morgan fingerprint density at radius 3 is 2.06 bits per heavy atom. The third kappa shape index (κ3) is 6.09. The summed E-state index contributed by atoms with van der Waals surface area (Å²) in [5, 5.41) is 12.4. The molecule has 0 fully saturated rings. The predicted molar refractivity (Wildman–Crippen MR) is 69.3 cm³/mol. The van der Waals surface area contributed by atoms with Gasteiger partial charge in [-0.3, -0.25) is 5.32 Å². The molecule has 0 rings (SSSR count). The highest BCUT2D eigenvalue weighted by Gasteiger charge is 2.22. The van der Waals surface area contributed by atoms with Gasteiger partial charge in [0.2, 0.25) is 0 Å². The van der Waals surface area contributed by atoms with Gasteiger partial charge in [0.1, 0.15) is 5.54 Å². The third-order valence-electron chi connectivity index (χ3n) is 2.82. The number of nitrogens with zero attached hydrogens (tertiary/aromatic N) is 2. The summed E-state index contributed by atoms with van der Waals surface area (Å²) in [5.74, 6) is 0. The van der Waals surface area contributed by atoms with Gasteiger partial charge in [-0.15, -0.1) is 0 Å². The van der Waals surface area contributed by atoms with E-state index in [1.165, 1.54) is 12.8 Å². The molecule has 0 saturated carbocycles. The second-order valence-electron chi connectivity index (χ2n) is 4.57. The average molecular weight is 225 g/mol. The molecule has 0 aromatic heterocycles. The normalized spacial score (nSPS) is 14.8. The van der Waals surface area contributed by atoms with Crippen molar-refractivity contribution in [1.29, 1.82) is 5.26 Å². The molecule has 1 unspecified atom stereocenters. The summed E-state index contributed by atoms with van der Waals surface area (Å²) in [5.41, 5.74) is -0.367. The lowest BCUT2D eigenvalue weighted by Gasteiger charge is -2.27. The summed E-state index contributed by atoms with van der Waals surface area (Å²) < 4.78 is 0. The number of hydrogen-bond donors (Lipinski definition) is 1. The topological polar surface area (TPSA) is 39.1 Å². The van der Waals surface area contributed by atoms with Gasteiger partial charge in [-0.05, 0) is 45.8 Å². The molecule has 0 saturated heterocycles. The van der Waals surface area contributed by atoms with Gasteiger partial charge in [0.25, 0.3) is 0 Å². The standard InChI is InChI=1S/C13H27N3/c1-5-9-16(10-6-2)11-8-13(4,12-14)15-7-3/h15H,5-11H2,1-4H3. The van der Waals surface area contributed by atoms with Gasteiger partial charge in [-0.2, -0.15) is 5.26 Å². The highest BCUT2D eigenvalue weighted by Crippen LogP contribution is 2.09. The molecule has 0 bridgehead atoms. The van der Waals surface area contributed by atoms with Crippen LogP contribution in [0.3, 0.4) is 0 Å². The van der Waals surface area contributed by atoms with Gasteiger partial charge in [0, 0.05) is 6.54 Å². The van der Waals surface area contributed by atoms with Crippen LogP contribution in [0.2, 0.25) is 0 Å². The van der Waals surface area contributed by atoms with E-state index in [-0.39, 0.29) is 5.54 Å². The van der Waals surface area contributed by atoms with Crippen LogP contribution >= 0.6 is 0 Å². The molecule has 0 amide bonds. The van der Waals surface area contributed by atoms with Crippen LogP contribution in [0.15, 0.2) is 0 Å². The quantitative estimate of drug-likeness (QED) is 0.655. The first-order valence-electron chi connectivity index (χ1n) is 6.50. The van der Waals surface area contributed by atoms with Crippen molar-refractivity contribution in [2.75, 3.05) is 26.2 Å². The SMILES string of the molecule is CCCN(CCC)CCC(C)(C#N)NCC. The summed E-state index contributed by atoms with van der Waals surface area (Å²) in [6.45, 7) is 12.6. The van der Waals surface area contributed by atoms with Gasteiger partial charge < -0.3 is 4.90 Å². The van der Waals surface area contributed by atoms with Crippen LogP contribution in [0, 0.1) is 11.3 Å². The summed E-state index contributed by atoms with van der Waals surface area (Å²) in [6, 6.07) is 2.38. The largest absolute Gasteiger partial charge is 0.303 e. The molecule has 0 aliphatic rings. The van der Waals surface area contributed by atoms with Crippen molar-refractivity contribution in [1.82, 2.24) is 10.2 Å². The Morgan fingerprint density at radius 1 is 1.12 bits per heavy atom. The summed E-state index contributed by atoms with van der Waals surface area (Å²) >= 11 is 0. The second kappa shape index (κ2) is 8.55. The van der Waals surface area contributed by atoms with Crippen molar-refractivity contribution in [2.45, 2.75) is 52.5 Å². The Morgan fingerprint density at radius 2 is 1.69 bits per heavy atom. The maximum Gasteiger partial charge on any atom is 0.105 e. The van der Waals surface area contributed by atoms with Gasteiger partial charge in [-0.25, -0.2) is 0 Å². The fourth-order valence-electron chi connectivity index (χ4n) is 1.92. The molecular weight excluding hydrogens is 198 g/mol. The van der Waals surface area contributed by atoms with Crippen LogP contribution in [-0.4, -0.2) is 36.6 Å². The molecule has 1 N–H and O–H groups in total. The molecule has 0 aromatic rings. The zero-order valence-corrected chi connectivity index (χ0v) is 11.3. The van der Waals surface area contributed by atoms with Gasteiger partial charge in [0.15, 0.2) is 0 Å². The highest BCUT2D eigenvalue weighted by molar-refractivity contribution is 5.03. The minimum atomic E-state index is -0.367. The summed E-state index contributed by atoms with van der Waals surface area (Å²) in [4.78, 5) is 2.45. The maximum atomic E-state index is 9.16. The smallest absolute Gasteiger partial charge is 0.105 e. The number of nitriles is 1.